The van der Waals surface area contributed by atoms with Crippen LogP contribution in [-0.2, 0) is 20.8 Å². The normalized spacial score (nSPS) is 24.4. The Morgan fingerprint density at radius 3 is 2.92 bits per heavy atom. The molecule has 2 fully saturated rings. The maximum absolute atomic E-state index is 11.9. The van der Waals surface area contributed by atoms with Crippen molar-refractivity contribution in [2.45, 2.75) is 44.2 Å². The molecule has 1 amide bonds. The fourth-order valence-corrected chi connectivity index (χ4v) is 2.91. The van der Waals surface area contributed by atoms with E-state index in [1.165, 1.54) is 4.90 Å². The largest absolute Gasteiger partial charge is 0.447 e. The second-order valence-electron chi connectivity index (χ2n) is 6.13. The number of amides is 1. The molecule has 2 aliphatic heterocycles. The predicted molar refractivity (Wildman–Crippen MR) is 90.4 cm³/mol. The Morgan fingerprint density at radius 1 is 1.32 bits per heavy atom. The summed E-state index contributed by atoms with van der Waals surface area (Å²) in [5, 5.41) is 10.3. The smallest absolute Gasteiger partial charge is 0.410 e. The fourth-order valence-electron chi connectivity index (χ4n) is 2.91. The van der Waals surface area contributed by atoms with Crippen LogP contribution in [0, 0.1) is 11.8 Å². The molecule has 0 aliphatic carbocycles. The molecule has 3 rings (SSSR count). The zero-order valence-corrected chi connectivity index (χ0v) is 14.1. The van der Waals surface area contributed by atoms with E-state index >= 15 is 0 Å². The number of cyclic esters (lactones) is 1. The molecule has 1 aromatic carbocycles. The third-order valence-corrected chi connectivity index (χ3v) is 4.30. The van der Waals surface area contributed by atoms with Crippen LogP contribution in [0.1, 0.15) is 24.8 Å². The molecule has 2 aliphatic rings. The molecule has 1 N–H and O–H groups in total. The lowest BCUT2D eigenvalue weighted by molar-refractivity contribution is -0.154. The number of ether oxygens (including phenoxy) is 3. The van der Waals surface area contributed by atoms with Crippen molar-refractivity contribution >= 4 is 6.09 Å². The van der Waals surface area contributed by atoms with E-state index in [2.05, 4.69) is 11.8 Å². The van der Waals surface area contributed by atoms with E-state index in [0.29, 0.717) is 6.54 Å². The van der Waals surface area contributed by atoms with Crippen molar-refractivity contribution < 1.29 is 24.1 Å². The molecule has 6 heteroatoms. The van der Waals surface area contributed by atoms with Crippen LogP contribution in [0.2, 0.25) is 0 Å². The van der Waals surface area contributed by atoms with Gasteiger partial charge in [0.1, 0.15) is 25.4 Å². The molecule has 1 unspecified atom stereocenters. The van der Waals surface area contributed by atoms with Crippen LogP contribution in [-0.4, -0.2) is 54.4 Å². The van der Waals surface area contributed by atoms with Gasteiger partial charge in [-0.25, -0.2) is 4.79 Å². The Morgan fingerprint density at radius 2 is 2.16 bits per heavy atom. The van der Waals surface area contributed by atoms with Gasteiger partial charge in [0.25, 0.3) is 0 Å². The van der Waals surface area contributed by atoms with Gasteiger partial charge in [-0.3, -0.25) is 4.90 Å². The minimum absolute atomic E-state index is 0.133. The van der Waals surface area contributed by atoms with Crippen LogP contribution in [0.4, 0.5) is 4.79 Å². The van der Waals surface area contributed by atoms with Gasteiger partial charge >= 0.3 is 6.09 Å². The highest BCUT2D eigenvalue weighted by atomic mass is 16.7. The van der Waals surface area contributed by atoms with E-state index in [9.17, 15) is 9.90 Å². The van der Waals surface area contributed by atoms with Gasteiger partial charge in [0.15, 0.2) is 6.29 Å². The first-order valence-electron chi connectivity index (χ1n) is 8.61. The second kappa shape index (κ2) is 8.86. The summed E-state index contributed by atoms with van der Waals surface area (Å²) < 4.78 is 16.1. The van der Waals surface area contributed by atoms with Gasteiger partial charge in [-0.2, -0.15) is 0 Å². The first-order valence-corrected chi connectivity index (χ1v) is 8.61. The summed E-state index contributed by atoms with van der Waals surface area (Å²) >= 11 is 0. The zero-order chi connectivity index (χ0) is 17.5. The molecule has 1 aromatic rings. The highest BCUT2D eigenvalue weighted by Gasteiger charge is 2.37. The maximum Gasteiger partial charge on any atom is 0.410 e. The summed E-state index contributed by atoms with van der Waals surface area (Å²) in [6.45, 7) is 1.43. The Bertz CT molecular complexity index is 618. The molecule has 0 aromatic heterocycles. The molecule has 0 bridgehead atoms. The Balaban J connectivity index is 1.52. The highest BCUT2D eigenvalue weighted by molar-refractivity contribution is 5.70. The molecule has 25 heavy (non-hydrogen) atoms. The summed E-state index contributed by atoms with van der Waals surface area (Å²) in [5.74, 6) is 5.56. The van der Waals surface area contributed by atoms with Gasteiger partial charge in [0.05, 0.1) is 0 Å². The lowest BCUT2D eigenvalue weighted by Crippen LogP contribution is -2.41. The van der Waals surface area contributed by atoms with Crippen molar-refractivity contribution in [3.63, 3.8) is 0 Å². The number of aliphatic hydroxyl groups is 1. The monoisotopic (exact) mass is 345 g/mol. The average Bonchev–Trinajstić information content (AvgIpc) is 3.01. The molecule has 2 saturated heterocycles. The molecule has 6 nitrogen and oxygen atoms in total. The summed E-state index contributed by atoms with van der Waals surface area (Å²) in [6, 6.07) is 9.11. The summed E-state index contributed by atoms with van der Waals surface area (Å²) in [4.78, 5) is 13.4. The molecule has 0 spiro atoms. The maximum atomic E-state index is 11.9. The van der Waals surface area contributed by atoms with Crippen LogP contribution in [0.15, 0.2) is 30.3 Å². The van der Waals surface area contributed by atoms with E-state index in [1.54, 1.807) is 0 Å². The Hall–Kier alpha value is -2.07. The van der Waals surface area contributed by atoms with Crippen LogP contribution in [0.3, 0.4) is 0 Å². The van der Waals surface area contributed by atoms with E-state index in [-0.39, 0.29) is 19.5 Å². The van der Waals surface area contributed by atoms with Crippen LogP contribution < -0.4 is 0 Å². The topological polar surface area (TPSA) is 68.2 Å². The van der Waals surface area contributed by atoms with Gasteiger partial charge < -0.3 is 19.3 Å². The second-order valence-corrected chi connectivity index (χ2v) is 6.13. The first-order chi connectivity index (χ1) is 12.2. The number of rotatable bonds is 5. The number of carbonyl (C=O) groups is 1. The molecule has 0 radical (unpaired) electrons. The quantitative estimate of drug-likeness (QED) is 0.826. The van der Waals surface area contributed by atoms with Crippen LogP contribution in [0.5, 0.6) is 0 Å². The Kier molecular flexibility index (Phi) is 6.29. The zero-order valence-electron chi connectivity index (χ0n) is 14.1. The highest BCUT2D eigenvalue weighted by Crippen LogP contribution is 2.19. The van der Waals surface area contributed by atoms with Gasteiger partial charge in [-0.05, 0) is 24.8 Å². The van der Waals surface area contributed by atoms with Crippen LogP contribution >= 0.6 is 0 Å². The van der Waals surface area contributed by atoms with Crippen molar-refractivity contribution in [1.82, 2.24) is 4.90 Å². The van der Waals surface area contributed by atoms with Crippen molar-refractivity contribution in [2.24, 2.45) is 0 Å². The van der Waals surface area contributed by atoms with Crippen molar-refractivity contribution in [1.29, 1.82) is 0 Å². The van der Waals surface area contributed by atoms with Gasteiger partial charge in [-0.15, -0.1) is 0 Å². The average molecular weight is 345 g/mol. The number of nitrogens with zero attached hydrogens (tertiary/aromatic N) is 1. The number of benzene rings is 1. The lowest BCUT2D eigenvalue weighted by Gasteiger charge is -2.23. The van der Waals surface area contributed by atoms with Gasteiger partial charge in [0, 0.05) is 13.2 Å². The third kappa shape index (κ3) is 4.95. The van der Waals surface area contributed by atoms with Gasteiger partial charge in [0.2, 0.25) is 0 Å². The minimum Gasteiger partial charge on any atom is -0.447 e. The molecule has 2 heterocycles. The SMILES string of the molecule is O=C1OC[C@@H]([C@H](O)C#CCOC2CCCCO2)N1Cc1ccccc1. The minimum atomic E-state index is -0.981. The van der Waals surface area contributed by atoms with Crippen LogP contribution in [0.25, 0.3) is 0 Å². The lowest BCUT2D eigenvalue weighted by atomic mass is 10.1. The summed E-state index contributed by atoms with van der Waals surface area (Å²) in [5.41, 5.74) is 0.976. The van der Waals surface area contributed by atoms with Crippen molar-refractivity contribution in [2.75, 3.05) is 19.8 Å². The van der Waals surface area contributed by atoms with E-state index in [0.717, 1.165) is 31.4 Å². The molecular weight excluding hydrogens is 322 g/mol. The fraction of sp³-hybridized carbons (Fsp3) is 0.526. The molecular formula is C19H23NO5. The Labute approximate surface area is 147 Å². The predicted octanol–water partition coefficient (Wildman–Crippen LogP) is 1.91. The number of hydrogen-bond donors (Lipinski definition) is 1. The molecule has 3 atom stereocenters. The van der Waals surface area contributed by atoms with E-state index < -0.39 is 18.2 Å². The van der Waals surface area contributed by atoms with Crippen molar-refractivity contribution in [3.8, 4) is 11.8 Å². The van der Waals surface area contributed by atoms with E-state index in [4.69, 9.17) is 14.2 Å². The number of carbonyl (C=O) groups excluding carboxylic acids is 1. The standard InChI is InChI=1S/C19H23NO5/c21-17(9-6-12-24-18-10-4-5-11-23-18)16-14-25-19(22)20(16)13-15-7-2-1-3-8-15/h1-3,7-8,16-18,21H,4-5,10-14H2/t16-,17+,18?/m0/s1. The molecule has 134 valence electrons. The third-order valence-electron chi connectivity index (χ3n) is 4.30. The van der Waals surface area contributed by atoms with Gasteiger partial charge in [-0.1, -0.05) is 42.2 Å². The summed E-state index contributed by atoms with van der Waals surface area (Å²) in [6.07, 6.45) is 1.42. The number of hydrogen-bond acceptors (Lipinski definition) is 5. The molecule has 0 saturated carbocycles. The van der Waals surface area contributed by atoms with E-state index in [1.807, 2.05) is 30.3 Å². The van der Waals surface area contributed by atoms with Crippen molar-refractivity contribution in [3.05, 3.63) is 35.9 Å². The first kappa shape index (κ1) is 17.7. The summed E-state index contributed by atoms with van der Waals surface area (Å²) in [7, 11) is 0. The number of aliphatic hydroxyl groups excluding tert-OH is 1.